The molecule has 0 spiro atoms. The summed E-state index contributed by atoms with van der Waals surface area (Å²) in [5, 5.41) is 3.42. The van der Waals surface area contributed by atoms with Gasteiger partial charge >= 0.3 is 0 Å². The van der Waals surface area contributed by atoms with E-state index in [-0.39, 0.29) is 17.6 Å². The van der Waals surface area contributed by atoms with E-state index in [1.165, 1.54) is 13.2 Å². The van der Waals surface area contributed by atoms with Gasteiger partial charge in [-0.25, -0.2) is 4.39 Å². The molecule has 1 N–H and O–H groups in total. The van der Waals surface area contributed by atoms with Gasteiger partial charge in [0.2, 0.25) is 0 Å². The number of nitrogens with one attached hydrogen (secondary N) is 1. The van der Waals surface area contributed by atoms with Crippen LogP contribution in [0.25, 0.3) is 0 Å². The fourth-order valence-corrected chi connectivity index (χ4v) is 1.95. The van der Waals surface area contributed by atoms with Crippen molar-refractivity contribution in [3.63, 3.8) is 0 Å². The molecule has 0 amide bonds. The molecule has 0 radical (unpaired) electrons. The first-order valence-electron chi connectivity index (χ1n) is 6.87. The van der Waals surface area contributed by atoms with Gasteiger partial charge in [-0.3, -0.25) is 0 Å². The van der Waals surface area contributed by atoms with E-state index in [1.807, 2.05) is 13.0 Å². The van der Waals surface area contributed by atoms with Crippen molar-refractivity contribution >= 4 is 0 Å². The van der Waals surface area contributed by atoms with Crippen LogP contribution in [-0.2, 0) is 4.74 Å². The van der Waals surface area contributed by atoms with Gasteiger partial charge in [0, 0.05) is 19.3 Å². The van der Waals surface area contributed by atoms with Gasteiger partial charge in [0.15, 0.2) is 11.6 Å². The lowest BCUT2D eigenvalue weighted by Gasteiger charge is -2.19. The summed E-state index contributed by atoms with van der Waals surface area (Å²) in [6.07, 6.45) is 1.88. The average molecular weight is 269 g/mol. The number of hydrogen-bond donors (Lipinski definition) is 1. The van der Waals surface area contributed by atoms with Gasteiger partial charge in [-0.1, -0.05) is 13.0 Å². The summed E-state index contributed by atoms with van der Waals surface area (Å²) in [6.45, 7) is 6.37. The van der Waals surface area contributed by atoms with Crippen molar-refractivity contribution in [2.45, 2.75) is 32.7 Å². The van der Waals surface area contributed by atoms with E-state index in [9.17, 15) is 4.39 Å². The second kappa shape index (κ2) is 8.88. The maximum Gasteiger partial charge on any atom is 0.165 e. The van der Waals surface area contributed by atoms with Crippen LogP contribution in [0.2, 0.25) is 0 Å². The van der Waals surface area contributed by atoms with Gasteiger partial charge in [0.1, 0.15) is 0 Å². The molecular weight excluding hydrogens is 245 g/mol. The Hall–Kier alpha value is -1.13. The number of methoxy groups -OCH3 is 1. The van der Waals surface area contributed by atoms with Crippen molar-refractivity contribution in [1.82, 2.24) is 5.32 Å². The molecule has 1 aromatic rings. The highest BCUT2D eigenvalue weighted by molar-refractivity contribution is 5.31. The lowest BCUT2D eigenvalue weighted by molar-refractivity contribution is 0.136. The minimum absolute atomic E-state index is 0.118. The van der Waals surface area contributed by atoms with Crippen LogP contribution in [0.15, 0.2) is 18.2 Å². The van der Waals surface area contributed by atoms with Crippen LogP contribution in [0.5, 0.6) is 5.75 Å². The van der Waals surface area contributed by atoms with E-state index in [4.69, 9.17) is 9.47 Å². The molecule has 0 bridgehead atoms. The van der Waals surface area contributed by atoms with Crippen LogP contribution >= 0.6 is 0 Å². The molecule has 0 heterocycles. The molecule has 0 fully saturated rings. The standard InChI is InChI=1S/C15H24FNO2/c1-4-9-17-14(8-10-19-5-2)12-6-7-15(18-3)13(16)11-12/h6-7,11,14,17H,4-5,8-10H2,1-3H3. The van der Waals surface area contributed by atoms with Crippen molar-refractivity contribution in [2.24, 2.45) is 0 Å². The summed E-state index contributed by atoms with van der Waals surface area (Å²) in [7, 11) is 1.47. The smallest absolute Gasteiger partial charge is 0.165 e. The predicted molar refractivity (Wildman–Crippen MR) is 75.1 cm³/mol. The molecule has 0 saturated heterocycles. The molecule has 0 saturated carbocycles. The first-order valence-corrected chi connectivity index (χ1v) is 6.87. The summed E-state index contributed by atoms with van der Waals surface area (Å²) in [6, 6.07) is 5.23. The Labute approximate surface area is 115 Å². The number of halogens is 1. The van der Waals surface area contributed by atoms with Gasteiger partial charge in [0.05, 0.1) is 7.11 Å². The molecule has 0 aliphatic carbocycles. The van der Waals surface area contributed by atoms with Crippen LogP contribution < -0.4 is 10.1 Å². The average Bonchev–Trinajstić information content (AvgIpc) is 2.42. The van der Waals surface area contributed by atoms with Crippen molar-refractivity contribution in [2.75, 3.05) is 26.9 Å². The Kier molecular flexibility index (Phi) is 7.45. The highest BCUT2D eigenvalue weighted by atomic mass is 19.1. The van der Waals surface area contributed by atoms with Crippen molar-refractivity contribution in [3.8, 4) is 5.75 Å². The Morgan fingerprint density at radius 2 is 2.11 bits per heavy atom. The second-order valence-electron chi connectivity index (χ2n) is 4.39. The monoisotopic (exact) mass is 269 g/mol. The number of benzene rings is 1. The molecule has 0 aromatic heterocycles. The summed E-state index contributed by atoms with van der Waals surface area (Å²) in [5.74, 6) is -0.0393. The largest absolute Gasteiger partial charge is 0.494 e. The molecule has 1 aromatic carbocycles. The van der Waals surface area contributed by atoms with Crippen LogP contribution in [0.1, 0.15) is 38.3 Å². The molecule has 4 heteroatoms. The first kappa shape index (κ1) is 15.9. The molecule has 1 unspecified atom stereocenters. The SMILES string of the molecule is CCCNC(CCOCC)c1ccc(OC)c(F)c1. The van der Waals surface area contributed by atoms with Crippen LogP contribution in [-0.4, -0.2) is 26.9 Å². The summed E-state index contributed by atoms with van der Waals surface area (Å²) >= 11 is 0. The van der Waals surface area contributed by atoms with Gasteiger partial charge in [-0.05, 0) is 44.0 Å². The minimum atomic E-state index is -0.320. The van der Waals surface area contributed by atoms with E-state index >= 15 is 0 Å². The van der Waals surface area contributed by atoms with E-state index in [1.54, 1.807) is 6.07 Å². The molecule has 19 heavy (non-hydrogen) atoms. The zero-order valence-corrected chi connectivity index (χ0v) is 12.0. The van der Waals surface area contributed by atoms with Crippen LogP contribution in [0.3, 0.4) is 0 Å². The third kappa shape index (κ3) is 5.17. The lowest BCUT2D eigenvalue weighted by Crippen LogP contribution is -2.23. The first-order chi connectivity index (χ1) is 9.22. The van der Waals surface area contributed by atoms with Gasteiger partial charge < -0.3 is 14.8 Å². The highest BCUT2D eigenvalue weighted by Gasteiger charge is 2.13. The third-order valence-electron chi connectivity index (χ3n) is 2.97. The Bertz CT molecular complexity index is 371. The third-order valence-corrected chi connectivity index (χ3v) is 2.97. The van der Waals surface area contributed by atoms with Crippen molar-refractivity contribution in [1.29, 1.82) is 0 Å². The molecule has 1 atom stereocenters. The fourth-order valence-electron chi connectivity index (χ4n) is 1.95. The predicted octanol–water partition coefficient (Wildman–Crippen LogP) is 3.30. The normalized spacial score (nSPS) is 12.4. The summed E-state index contributed by atoms with van der Waals surface area (Å²) in [5.41, 5.74) is 0.937. The van der Waals surface area contributed by atoms with Crippen molar-refractivity contribution < 1.29 is 13.9 Å². The van der Waals surface area contributed by atoms with E-state index in [0.29, 0.717) is 13.2 Å². The molecule has 108 valence electrons. The maximum atomic E-state index is 13.7. The van der Waals surface area contributed by atoms with Crippen molar-refractivity contribution in [3.05, 3.63) is 29.6 Å². The highest BCUT2D eigenvalue weighted by Crippen LogP contribution is 2.23. The Morgan fingerprint density at radius 3 is 2.68 bits per heavy atom. The summed E-state index contributed by atoms with van der Waals surface area (Å²) < 4.78 is 24.1. The lowest BCUT2D eigenvalue weighted by atomic mass is 10.0. The Morgan fingerprint density at radius 1 is 1.32 bits per heavy atom. The van der Waals surface area contributed by atoms with Gasteiger partial charge in [-0.2, -0.15) is 0 Å². The fraction of sp³-hybridized carbons (Fsp3) is 0.600. The Balaban J connectivity index is 2.74. The zero-order chi connectivity index (χ0) is 14.1. The van der Waals surface area contributed by atoms with E-state index in [2.05, 4.69) is 12.2 Å². The quantitative estimate of drug-likeness (QED) is 0.698. The molecule has 0 aliphatic rings. The number of ether oxygens (including phenoxy) is 2. The van der Waals surface area contributed by atoms with Gasteiger partial charge in [-0.15, -0.1) is 0 Å². The van der Waals surface area contributed by atoms with Gasteiger partial charge in [0.25, 0.3) is 0 Å². The zero-order valence-electron chi connectivity index (χ0n) is 12.0. The molecular formula is C15H24FNO2. The molecule has 1 rings (SSSR count). The molecule has 0 aliphatic heterocycles. The second-order valence-corrected chi connectivity index (χ2v) is 4.39. The van der Waals surface area contributed by atoms with E-state index < -0.39 is 0 Å². The topological polar surface area (TPSA) is 30.5 Å². The van der Waals surface area contributed by atoms with E-state index in [0.717, 1.165) is 24.9 Å². The molecule has 3 nitrogen and oxygen atoms in total. The summed E-state index contributed by atoms with van der Waals surface area (Å²) in [4.78, 5) is 0. The number of rotatable bonds is 9. The minimum Gasteiger partial charge on any atom is -0.494 e. The van der Waals surface area contributed by atoms with Crippen LogP contribution in [0, 0.1) is 5.82 Å². The number of hydrogen-bond acceptors (Lipinski definition) is 3. The van der Waals surface area contributed by atoms with Crippen LogP contribution in [0.4, 0.5) is 4.39 Å². The maximum absolute atomic E-state index is 13.7.